The summed E-state index contributed by atoms with van der Waals surface area (Å²) in [6, 6.07) is 7.90. The molecule has 0 aliphatic carbocycles. The molecule has 1 atom stereocenters. The summed E-state index contributed by atoms with van der Waals surface area (Å²) in [4.78, 5) is 24.8. The van der Waals surface area contributed by atoms with Gasteiger partial charge in [0, 0.05) is 19.2 Å². The third-order valence-electron chi connectivity index (χ3n) is 3.13. The van der Waals surface area contributed by atoms with Crippen LogP contribution < -0.4 is 0 Å². The van der Waals surface area contributed by atoms with E-state index in [2.05, 4.69) is 0 Å². The molecular formula is C17H23NO3. The standard InChI is InChI=1S/C17H23NO3/c1-12(2)9-16(19)18(10-14(4)17(20)21)11-15-7-5-13(3)6-8-15/h5-9,14H,10-11H2,1-4H3,(H,20,21). The monoisotopic (exact) mass is 289 g/mol. The number of carboxylic acid groups (broad SMARTS) is 1. The van der Waals surface area contributed by atoms with Crippen LogP contribution in [0.25, 0.3) is 0 Å². The third-order valence-corrected chi connectivity index (χ3v) is 3.13. The van der Waals surface area contributed by atoms with E-state index in [1.165, 1.54) is 0 Å². The van der Waals surface area contributed by atoms with Crippen LogP contribution in [0.4, 0.5) is 0 Å². The van der Waals surface area contributed by atoms with Crippen molar-refractivity contribution in [1.29, 1.82) is 0 Å². The number of rotatable bonds is 6. The van der Waals surface area contributed by atoms with Crippen LogP contribution in [0.5, 0.6) is 0 Å². The van der Waals surface area contributed by atoms with Gasteiger partial charge in [0.05, 0.1) is 5.92 Å². The quantitative estimate of drug-likeness (QED) is 0.819. The van der Waals surface area contributed by atoms with Gasteiger partial charge < -0.3 is 10.0 Å². The molecule has 1 unspecified atom stereocenters. The zero-order chi connectivity index (χ0) is 16.0. The summed E-state index contributed by atoms with van der Waals surface area (Å²) in [5.74, 6) is -1.64. The molecule has 0 aliphatic heterocycles. The highest BCUT2D eigenvalue weighted by Crippen LogP contribution is 2.11. The Labute approximate surface area is 126 Å². The molecule has 114 valence electrons. The summed E-state index contributed by atoms with van der Waals surface area (Å²) >= 11 is 0. The zero-order valence-corrected chi connectivity index (χ0v) is 13.1. The molecule has 1 aromatic carbocycles. The minimum absolute atomic E-state index is 0.149. The number of allylic oxidation sites excluding steroid dienone is 1. The van der Waals surface area contributed by atoms with Gasteiger partial charge in [-0.2, -0.15) is 0 Å². The maximum atomic E-state index is 12.2. The Bertz CT molecular complexity index is 527. The fraction of sp³-hybridized carbons (Fsp3) is 0.412. The highest BCUT2D eigenvalue weighted by atomic mass is 16.4. The van der Waals surface area contributed by atoms with Gasteiger partial charge in [0.1, 0.15) is 0 Å². The van der Waals surface area contributed by atoms with Crippen LogP contribution in [0.3, 0.4) is 0 Å². The molecule has 4 nitrogen and oxygen atoms in total. The van der Waals surface area contributed by atoms with Crippen LogP contribution in [0.15, 0.2) is 35.9 Å². The summed E-state index contributed by atoms with van der Waals surface area (Å²) in [7, 11) is 0. The van der Waals surface area contributed by atoms with E-state index >= 15 is 0 Å². The Kier molecular flexibility index (Phi) is 6.15. The van der Waals surface area contributed by atoms with Crippen LogP contribution >= 0.6 is 0 Å². The van der Waals surface area contributed by atoms with E-state index < -0.39 is 11.9 Å². The Hall–Kier alpha value is -2.10. The Morgan fingerprint density at radius 1 is 1.24 bits per heavy atom. The van der Waals surface area contributed by atoms with Crippen LogP contribution in [0.1, 0.15) is 31.9 Å². The number of hydrogen-bond donors (Lipinski definition) is 1. The molecule has 0 aromatic heterocycles. The van der Waals surface area contributed by atoms with Crippen LogP contribution in [0, 0.1) is 12.8 Å². The minimum Gasteiger partial charge on any atom is -0.481 e. The number of benzene rings is 1. The number of aliphatic carboxylic acids is 1. The fourth-order valence-electron chi connectivity index (χ4n) is 1.89. The van der Waals surface area contributed by atoms with Crippen molar-refractivity contribution < 1.29 is 14.7 Å². The maximum Gasteiger partial charge on any atom is 0.308 e. The lowest BCUT2D eigenvalue weighted by molar-refractivity contribution is -0.142. The number of amides is 1. The lowest BCUT2D eigenvalue weighted by Crippen LogP contribution is -2.35. The first-order valence-electron chi connectivity index (χ1n) is 7.01. The molecule has 1 aromatic rings. The molecule has 1 rings (SSSR count). The molecule has 0 heterocycles. The summed E-state index contributed by atoms with van der Waals surface area (Å²) in [5.41, 5.74) is 3.05. The third kappa shape index (κ3) is 5.81. The SMILES string of the molecule is CC(C)=CC(=O)N(Cc1ccc(C)cc1)CC(C)C(=O)O. The van der Waals surface area contributed by atoms with E-state index in [9.17, 15) is 9.59 Å². The lowest BCUT2D eigenvalue weighted by atomic mass is 10.1. The van der Waals surface area contributed by atoms with Crippen molar-refractivity contribution >= 4 is 11.9 Å². The second kappa shape index (κ2) is 7.62. The molecular weight excluding hydrogens is 266 g/mol. The van der Waals surface area contributed by atoms with Crippen molar-refractivity contribution in [3.63, 3.8) is 0 Å². The first-order chi connectivity index (χ1) is 9.79. The van der Waals surface area contributed by atoms with Gasteiger partial charge in [-0.15, -0.1) is 0 Å². The topological polar surface area (TPSA) is 57.6 Å². The number of aryl methyl sites for hydroxylation is 1. The average molecular weight is 289 g/mol. The molecule has 0 spiro atoms. The molecule has 0 radical (unpaired) electrons. The van der Waals surface area contributed by atoms with E-state index in [0.717, 1.165) is 16.7 Å². The summed E-state index contributed by atoms with van der Waals surface area (Å²) in [6.45, 7) is 7.93. The average Bonchev–Trinajstić information content (AvgIpc) is 2.39. The van der Waals surface area contributed by atoms with Crippen LogP contribution in [0.2, 0.25) is 0 Å². The molecule has 0 bridgehead atoms. The predicted octanol–water partition coefficient (Wildman–Crippen LogP) is 3.01. The highest BCUT2D eigenvalue weighted by Gasteiger charge is 2.19. The molecule has 0 fully saturated rings. The number of hydrogen-bond acceptors (Lipinski definition) is 2. The second-order valence-electron chi connectivity index (χ2n) is 5.67. The summed E-state index contributed by atoms with van der Waals surface area (Å²) in [5, 5.41) is 9.04. The second-order valence-corrected chi connectivity index (χ2v) is 5.67. The van der Waals surface area contributed by atoms with Crippen LogP contribution in [-0.2, 0) is 16.1 Å². The van der Waals surface area contributed by atoms with Gasteiger partial charge in [-0.25, -0.2) is 0 Å². The van der Waals surface area contributed by atoms with Crippen molar-refractivity contribution in [2.45, 2.75) is 34.2 Å². The van der Waals surface area contributed by atoms with Gasteiger partial charge in [-0.1, -0.05) is 42.3 Å². The number of nitrogens with zero attached hydrogens (tertiary/aromatic N) is 1. The van der Waals surface area contributed by atoms with Crippen molar-refractivity contribution in [3.05, 3.63) is 47.0 Å². The molecule has 4 heteroatoms. The van der Waals surface area contributed by atoms with Gasteiger partial charge >= 0.3 is 5.97 Å². The largest absolute Gasteiger partial charge is 0.481 e. The highest BCUT2D eigenvalue weighted by molar-refractivity contribution is 5.88. The van der Waals surface area contributed by atoms with Gasteiger partial charge in [0.25, 0.3) is 0 Å². The van der Waals surface area contributed by atoms with Gasteiger partial charge in [-0.3, -0.25) is 9.59 Å². The van der Waals surface area contributed by atoms with E-state index in [0.29, 0.717) is 6.54 Å². The Balaban J connectivity index is 2.90. The van der Waals surface area contributed by atoms with Crippen molar-refractivity contribution in [2.24, 2.45) is 5.92 Å². The van der Waals surface area contributed by atoms with Gasteiger partial charge in [0.15, 0.2) is 0 Å². The van der Waals surface area contributed by atoms with E-state index in [-0.39, 0.29) is 12.5 Å². The van der Waals surface area contributed by atoms with Crippen molar-refractivity contribution in [1.82, 2.24) is 4.90 Å². The number of carbonyl (C=O) groups is 2. The minimum atomic E-state index is -0.895. The summed E-state index contributed by atoms with van der Waals surface area (Å²) < 4.78 is 0. The smallest absolute Gasteiger partial charge is 0.308 e. The van der Waals surface area contributed by atoms with E-state index in [1.54, 1.807) is 17.9 Å². The number of carbonyl (C=O) groups excluding carboxylic acids is 1. The van der Waals surface area contributed by atoms with Gasteiger partial charge in [-0.05, 0) is 26.3 Å². The normalized spacial score (nSPS) is 11.6. The lowest BCUT2D eigenvalue weighted by Gasteiger charge is -2.23. The molecule has 0 saturated carbocycles. The molecule has 0 saturated heterocycles. The first kappa shape index (κ1) is 17.0. The van der Waals surface area contributed by atoms with Crippen molar-refractivity contribution in [2.75, 3.05) is 6.54 Å². The molecule has 1 N–H and O–H groups in total. The Morgan fingerprint density at radius 2 is 1.81 bits per heavy atom. The Morgan fingerprint density at radius 3 is 2.29 bits per heavy atom. The molecule has 1 amide bonds. The van der Waals surface area contributed by atoms with Crippen LogP contribution in [-0.4, -0.2) is 28.4 Å². The maximum absolute atomic E-state index is 12.2. The molecule has 21 heavy (non-hydrogen) atoms. The van der Waals surface area contributed by atoms with Crippen molar-refractivity contribution in [3.8, 4) is 0 Å². The summed E-state index contributed by atoms with van der Waals surface area (Å²) in [6.07, 6.45) is 1.54. The fourth-order valence-corrected chi connectivity index (χ4v) is 1.89. The van der Waals surface area contributed by atoms with E-state index in [4.69, 9.17) is 5.11 Å². The predicted molar refractivity (Wildman–Crippen MR) is 82.8 cm³/mol. The molecule has 0 aliphatic rings. The number of carboxylic acids is 1. The van der Waals surface area contributed by atoms with E-state index in [1.807, 2.05) is 45.0 Å². The van der Waals surface area contributed by atoms with Gasteiger partial charge in [0.2, 0.25) is 5.91 Å². The first-order valence-corrected chi connectivity index (χ1v) is 7.01. The zero-order valence-electron chi connectivity index (χ0n) is 13.1.